The van der Waals surface area contributed by atoms with Crippen LogP contribution < -0.4 is 10.1 Å². The summed E-state index contributed by atoms with van der Waals surface area (Å²) in [5.41, 5.74) is 0.420. The Labute approximate surface area is 140 Å². The van der Waals surface area contributed by atoms with Crippen LogP contribution in [0.3, 0.4) is 0 Å². The fourth-order valence-electron chi connectivity index (χ4n) is 2.65. The number of carboxylic acids is 1. The lowest BCUT2D eigenvalue weighted by Gasteiger charge is -2.20. The predicted molar refractivity (Wildman–Crippen MR) is 87.6 cm³/mol. The van der Waals surface area contributed by atoms with Gasteiger partial charge in [0.05, 0.1) is 12.1 Å². The third kappa shape index (κ3) is 4.48. The molecule has 0 aliphatic heterocycles. The molecule has 2 rings (SSSR count). The maximum Gasteiger partial charge on any atom is 0.330 e. The molecule has 0 spiro atoms. The number of nitrogens with one attached hydrogen (secondary N) is 1. The SMILES string of the molecule is COc1ccc(C(NC(=O)C2CCC=CCC2)C(=O)O)cc1Cl. The summed E-state index contributed by atoms with van der Waals surface area (Å²) >= 11 is 6.05. The highest BCUT2D eigenvalue weighted by atomic mass is 35.5. The Balaban J connectivity index is 2.13. The summed E-state index contributed by atoms with van der Waals surface area (Å²) in [6.45, 7) is 0. The average molecular weight is 338 g/mol. The van der Waals surface area contributed by atoms with Crippen LogP contribution in [0, 0.1) is 5.92 Å². The number of carbonyl (C=O) groups excluding carboxylic acids is 1. The lowest BCUT2D eigenvalue weighted by molar-refractivity contribution is -0.142. The number of halogens is 1. The largest absolute Gasteiger partial charge is 0.495 e. The molecule has 1 unspecified atom stereocenters. The lowest BCUT2D eigenvalue weighted by atomic mass is 9.97. The Bertz CT molecular complexity index is 605. The van der Waals surface area contributed by atoms with E-state index >= 15 is 0 Å². The molecule has 6 heteroatoms. The van der Waals surface area contributed by atoms with E-state index in [-0.39, 0.29) is 11.8 Å². The Hall–Kier alpha value is -2.01. The molecule has 2 N–H and O–H groups in total. The van der Waals surface area contributed by atoms with Gasteiger partial charge in [-0.2, -0.15) is 0 Å². The molecule has 5 nitrogen and oxygen atoms in total. The van der Waals surface area contributed by atoms with Crippen LogP contribution in [0.15, 0.2) is 30.4 Å². The van der Waals surface area contributed by atoms with Crippen molar-refractivity contribution in [2.45, 2.75) is 31.7 Å². The zero-order valence-corrected chi connectivity index (χ0v) is 13.7. The molecular formula is C17H20ClNO4. The molecule has 1 aliphatic carbocycles. The van der Waals surface area contributed by atoms with E-state index in [1.807, 2.05) is 0 Å². The minimum Gasteiger partial charge on any atom is -0.495 e. The second-order valence-corrected chi connectivity index (χ2v) is 5.90. The second-order valence-electron chi connectivity index (χ2n) is 5.50. The number of amides is 1. The van der Waals surface area contributed by atoms with Crippen molar-refractivity contribution in [1.82, 2.24) is 5.32 Å². The molecule has 0 fully saturated rings. The van der Waals surface area contributed by atoms with Crippen LogP contribution in [0.4, 0.5) is 0 Å². The summed E-state index contributed by atoms with van der Waals surface area (Å²) < 4.78 is 5.06. The molecule has 23 heavy (non-hydrogen) atoms. The van der Waals surface area contributed by atoms with Crippen LogP contribution >= 0.6 is 11.6 Å². The van der Waals surface area contributed by atoms with E-state index < -0.39 is 12.0 Å². The minimum atomic E-state index is -1.12. The van der Waals surface area contributed by atoms with Crippen LogP contribution in [-0.4, -0.2) is 24.1 Å². The molecule has 1 aromatic carbocycles. The van der Waals surface area contributed by atoms with Gasteiger partial charge < -0.3 is 15.2 Å². The van der Waals surface area contributed by atoms with Gasteiger partial charge in [-0.1, -0.05) is 29.8 Å². The number of hydrogen-bond acceptors (Lipinski definition) is 3. The number of hydrogen-bond donors (Lipinski definition) is 2. The molecule has 0 heterocycles. The first-order chi connectivity index (χ1) is 11.0. The van der Waals surface area contributed by atoms with Gasteiger partial charge in [0.15, 0.2) is 6.04 Å². The second kappa shape index (κ2) is 8.02. The molecule has 124 valence electrons. The fourth-order valence-corrected chi connectivity index (χ4v) is 2.91. The van der Waals surface area contributed by atoms with Crippen molar-refractivity contribution in [3.8, 4) is 5.75 Å². The normalized spacial score (nSPS) is 16.4. The van der Waals surface area contributed by atoms with Gasteiger partial charge in [-0.05, 0) is 43.4 Å². The van der Waals surface area contributed by atoms with Crippen LogP contribution in [0.2, 0.25) is 5.02 Å². The summed E-state index contributed by atoms with van der Waals surface area (Å²) in [4.78, 5) is 23.9. The molecule has 0 saturated carbocycles. The van der Waals surface area contributed by atoms with E-state index in [9.17, 15) is 14.7 Å². The number of carboxylic acid groups (broad SMARTS) is 1. The molecule has 1 aromatic rings. The summed E-state index contributed by atoms with van der Waals surface area (Å²) in [5.74, 6) is -1.05. The molecule has 1 aliphatic rings. The monoisotopic (exact) mass is 337 g/mol. The molecule has 0 saturated heterocycles. The number of benzene rings is 1. The van der Waals surface area contributed by atoms with E-state index in [1.54, 1.807) is 12.1 Å². The first-order valence-electron chi connectivity index (χ1n) is 7.54. The van der Waals surface area contributed by atoms with E-state index in [4.69, 9.17) is 16.3 Å². The number of rotatable bonds is 5. The number of allylic oxidation sites excluding steroid dienone is 2. The highest BCUT2D eigenvalue weighted by molar-refractivity contribution is 6.32. The Morgan fingerprint density at radius 3 is 2.48 bits per heavy atom. The zero-order chi connectivity index (χ0) is 16.8. The van der Waals surface area contributed by atoms with E-state index in [2.05, 4.69) is 17.5 Å². The van der Waals surface area contributed by atoms with Crippen LogP contribution in [0.1, 0.15) is 37.3 Å². The number of ether oxygens (including phenoxy) is 1. The van der Waals surface area contributed by atoms with Gasteiger partial charge in [0, 0.05) is 5.92 Å². The Kier molecular flexibility index (Phi) is 6.04. The Morgan fingerprint density at radius 1 is 1.30 bits per heavy atom. The average Bonchev–Trinajstić information content (AvgIpc) is 2.81. The van der Waals surface area contributed by atoms with Crippen molar-refractivity contribution in [2.24, 2.45) is 5.92 Å². The van der Waals surface area contributed by atoms with Crippen molar-refractivity contribution in [1.29, 1.82) is 0 Å². The number of aliphatic carboxylic acids is 1. The summed E-state index contributed by atoms with van der Waals surface area (Å²) in [6.07, 6.45) is 7.26. The number of methoxy groups -OCH3 is 1. The fraction of sp³-hybridized carbons (Fsp3) is 0.412. The van der Waals surface area contributed by atoms with E-state index in [0.717, 1.165) is 25.7 Å². The highest BCUT2D eigenvalue weighted by Gasteiger charge is 2.27. The van der Waals surface area contributed by atoms with Crippen molar-refractivity contribution in [2.75, 3.05) is 7.11 Å². The topological polar surface area (TPSA) is 75.6 Å². The minimum absolute atomic E-state index is 0.166. The summed E-state index contributed by atoms with van der Waals surface area (Å²) in [6, 6.07) is 3.57. The van der Waals surface area contributed by atoms with Gasteiger partial charge in [-0.15, -0.1) is 0 Å². The van der Waals surface area contributed by atoms with Crippen LogP contribution in [0.5, 0.6) is 5.75 Å². The van der Waals surface area contributed by atoms with Crippen molar-refractivity contribution in [3.63, 3.8) is 0 Å². The first kappa shape index (κ1) is 17.3. The molecular weight excluding hydrogens is 318 g/mol. The van der Waals surface area contributed by atoms with Gasteiger partial charge in [0.25, 0.3) is 0 Å². The van der Waals surface area contributed by atoms with E-state index in [0.29, 0.717) is 16.3 Å². The van der Waals surface area contributed by atoms with Crippen molar-refractivity contribution in [3.05, 3.63) is 40.9 Å². The van der Waals surface area contributed by atoms with Gasteiger partial charge in [0.2, 0.25) is 5.91 Å². The summed E-state index contributed by atoms with van der Waals surface area (Å²) in [5, 5.41) is 12.4. The third-order valence-electron chi connectivity index (χ3n) is 3.94. The first-order valence-corrected chi connectivity index (χ1v) is 7.92. The Morgan fingerprint density at radius 2 is 1.96 bits per heavy atom. The highest BCUT2D eigenvalue weighted by Crippen LogP contribution is 2.28. The van der Waals surface area contributed by atoms with Gasteiger partial charge in [-0.25, -0.2) is 4.79 Å². The summed E-state index contributed by atoms with van der Waals surface area (Å²) in [7, 11) is 1.48. The van der Waals surface area contributed by atoms with Crippen LogP contribution in [-0.2, 0) is 9.59 Å². The van der Waals surface area contributed by atoms with Gasteiger partial charge >= 0.3 is 5.97 Å². The van der Waals surface area contributed by atoms with Crippen LogP contribution in [0.25, 0.3) is 0 Å². The van der Waals surface area contributed by atoms with E-state index in [1.165, 1.54) is 13.2 Å². The molecule has 0 bridgehead atoms. The number of carbonyl (C=O) groups is 2. The van der Waals surface area contributed by atoms with Gasteiger partial charge in [0.1, 0.15) is 5.75 Å². The molecule has 1 amide bonds. The molecule has 0 aromatic heterocycles. The zero-order valence-electron chi connectivity index (χ0n) is 12.9. The molecule has 1 atom stereocenters. The third-order valence-corrected chi connectivity index (χ3v) is 4.24. The maximum absolute atomic E-state index is 12.4. The predicted octanol–water partition coefficient (Wildman–Crippen LogP) is 3.34. The van der Waals surface area contributed by atoms with Crippen molar-refractivity contribution < 1.29 is 19.4 Å². The maximum atomic E-state index is 12.4. The van der Waals surface area contributed by atoms with Gasteiger partial charge in [-0.3, -0.25) is 4.79 Å². The smallest absolute Gasteiger partial charge is 0.330 e. The lowest BCUT2D eigenvalue weighted by Crippen LogP contribution is -2.37. The molecule has 0 radical (unpaired) electrons. The quantitative estimate of drug-likeness (QED) is 0.808. The van der Waals surface area contributed by atoms with Crippen molar-refractivity contribution >= 4 is 23.5 Å². The standard InChI is InChI=1S/C17H20ClNO4/c1-23-14-9-8-12(10-13(14)18)15(17(21)22)19-16(20)11-6-4-2-3-5-7-11/h2-3,8-11,15H,4-7H2,1H3,(H,19,20)(H,21,22).